The first-order chi connectivity index (χ1) is 8.26. The Bertz CT molecular complexity index is 510. The third-order valence-electron chi connectivity index (χ3n) is 2.67. The maximum Gasteiger partial charge on any atom is 0.158 e. The Labute approximate surface area is 105 Å². The molecule has 0 saturated carbocycles. The van der Waals surface area contributed by atoms with Crippen LogP contribution in [0.2, 0.25) is 5.02 Å². The fraction of sp³-hybridized carbons (Fsp3) is 0.333. The van der Waals surface area contributed by atoms with Gasteiger partial charge in [-0.15, -0.1) is 10.2 Å². The van der Waals surface area contributed by atoms with Crippen molar-refractivity contribution in [2.45, 2.75) is 26.5 Å². The minimum absolute atomic E-state index is 0.0939. The molecule has 90 valence electrons. The fourth-order valence-corrected chi connectivity index (χ4v) is 2.00. The van der Waals surface area contributed by atoms with Gasteiger partial charge in [0.1, 0.15) is 12.4 Å². The highest BCUT2D eigenvalue weighted by Crippen LogP contribution is 2.18. The van der Waals surface area contributed by atoms with E-state index in [1.54, 1.807) is 0 Å². The molecule has 5 heteroatoms. The SMILES string of the molecule is CCn1c(CO)nnc1Cc1ccccc1Cl. The minimum Gasteiger partial charge on any atom is -0.388 e. The van der Waals surface area contributed by atoms with Crippen molar-refractivity contribution < 1.29 is 5.11 Å². The lowest BCUT2D eigenvalue weighted by atomic mass is 10.1. The molecule has 0 fully saturated rings. The molecule has 0 spiro atoms. The van der Waals surface area contributed by atoms with Gasteiger partial charge in [0.05, 0.1) is 0 Å². The van der Waals surface area contributed by atoms with Crippen molar-refractivity contribution in [3.8, 4) is 0 Å². The van der Waals surface area contributed by atoms with Crippen molar-refractivity contribution >= 4 is 11.6 Å². The lowest BCUT2D eigenvalue weighted by molar-refractivity contribution is 0.264. The highest BCUT2D eigenvalue weighted by molar-refractivity contribution is 6.31. The van der Waals surface area contributed by atoms with E-state index >= 15 is 0 Å². The predicted molar refractivity (Wildman–Crippen MR) is 65.9 cm³/mol. The van der Waals surface area contributed by atoms with Crippen LogP contribution in [0.4, 0.5) is 0 Å². The predicted octanol–water partition coefficient (Wildman–Crippen LogP) is 2.03. The number of aromatic nitrogens is 3. The van der Waals surface area contributed by atoms with E-state index in [9.17, 15) is 0 Å². The van der Waals surface area contributed by atoms with Crippen LogP contribution in [0.25, 0.3) is 0 Å². The number of benzene rings is 1. The van der Waals surface area contributed by atoms with Crippen molar-refractivity contribution in [2.24, 2.45) is 0 Å². The number of aliphatic hydroxyl groups excluding tert-OH is 1. The summed E-state index contributed by atoms with van der Waals surface area (Å²) in [7, 11) is 0. The first-order valence-electron chi connectivity index (χ1n) is 5.51. The topological polar surface area (TPSA) is 50.9 Å². The van der Waals surface area contributed by atoms with Crippen LogP contribution in [0.1, 0.15) is 24.1 Å². The Morgan fingerprint density at radius 1 is 1.24 bits per heavy atom. The molecule has 1 heterocycles. The van der Waals surface area contributed by atoms with E-state index < -0.39 is 0 Å². The summed E-state index contributed by atoms with van der Waals surface area (Å²) in [6.45, 7) is 2.64. The summed E-state index contributed by atoms with van der Waals surface area (Å²) in [5.74, 6) is 1.42. The van der Waals surface area contributed by atoms with Crippen LogP contribution in [0.5, 0.6) is 0 Å². The summed E-state index contributed by atoms with van der Waals surface area (Å²) in [6.07, 6.45) is 0.626. The Morgan fingerprint density at radius 3 is 2.59 bits per heavy atom. The Hall–Kier alpha value is -1.39. The number of aliphatic hydroxyl groups is 1. The molecule has 0 aliphatic heterocycles. The second kappa shape index (κ2) is 5.29. The molecule has 1 aromatic heterocycles. The molecule has 4 nitrogen and oxygen atoms in total. The summed E-state index contributed by atoms with van der Waals surface area (Å²) in [5.41, 5.74) is 1.01. The summed E-state index contributed by atoms with van der Waals surface area (Å²) in [6, 6.07) is 7.67. The van der Waals surface area contributed by atoms with Gasteiger partial charge in [0.25, 0.3) is 0 Å². The molecular formula is C12H14ClN3O. The van der Waals surface area contributed by atoms with Gasteiger partial charge in [-0.05, 0) is 18.6 Å². The van der Waals surface area contributed by atoms with E-state index in [1.807, 2.05) is 35.8 Å². The van der Waals surface area contributed by atoms with E-state index in [2.05, 4.69) is 10.2 Å². The van der Waals surface area contributed by atoms with Gasteiger partial charge in [-0.25, -0.2) is 0 Å². The smallest absolute Gasteiger partial charge is 0.158 e. The first-order valence-corrected chi connectivity index (χ1v) is 5.89. The van der Waals surface area contributed by atoms with Gasteiger partial charge < -0.3 is 9.67 Å². The number of rotatable bonds is 4. The van der Waals surface area contributed by atoms with E-state index in [1.165, 1.54) is 0 Å². The van der Waals surface area contributed by atoms with E-state index in [0.29, 0.717) is 12.2 Å². The zero-order valence-corrected chi connectivity index (χ0v) is 10.4. The first kappa shape index (κ1) is 12.1. The summed E-state index contributed by atoms with van der Waals surface area (Å²) in [5, 5.41) is 17.9. The normalized spacial score (nSPS) is 10.8. The number of hydrogen-bond acceptors (Lipinski definition) is 3. The molecule has 0 aliphatic carbocycles. The highest BCUT2D eigenvalue weighted by atomic mass is 35.5. The van der Waals surface area contributed by atoms with Gasteiger partial charge in [0.15, 0.2) is 5.82 Å². The fourth-order valence-electron chi connectivity index (χ4n) is 1.80. The largest absolute Gasteiger partial charge is 0.388 e. The molecule has 0 aliphatic rings. The second-order valence-electron chi connectivity index (χ2n) is 3.70. The third kappa shape index (κ3) is 2.48. The van der Waals surface area contributed by atoms with Crippen LogP contribution < -0.4 is 0 Å². The van der Waals surface area contributed by atoms with Crippen LogP contribution in [-0.4, -0.2) is 19.9 Å². The maximum atomic E-state index is 9.13. The average Bonchev–Trinajstić information content (AvgIpc) is 2.74. The van der Waals surface area contributed by atoms with Gasteiger partial charge in [-0.3, -0.25) is 0 Å². The number of halogens is 1. The molecule has 1 N–H and O–H groups in total. The molecule has 17 heavy (non-hydrogen) atoms. The molecule has 2 rings (SSSR count). The highest BCUT2D eigenvalue weighted by Gasteiger charge is 2.11. The van der Waals surface area contributed by atoms with Crippen molar-refractivity contribution in [1.29, 1.82) is 0 Å². The van der Waals surface area contributed by atoms with Crippen LogP contribution in [0.3, 0.4) is 0 Å². The third-order valence-corrected chi connectivity index (χ3v) is 3.04. The van der Waals surface area contributed by atoms with Crippen molar-refractivity contribution in [3.05, 3.63) is 46.5 Å². The van der Waals surface area contributed by atoms with Crippen LogP contribution in [-0.2, 0) is 19.6 Å². The lowest BCUT2D eigenvalue weighted by Gasteiger charge is -2.07. The van der Waals surface area contributed by atoms with Gasteiger partial charge in [0, 0.05) is 18.0 Å². The second-order valence-corrected chi connectivity index (χ2v) is 4.11. The Kier molecular flexibility index (Phi) is 3.76. The van der Waals surface area contributed by atoms with Gasteiger partial charge in [0.2, 0.25) is 0 Å². The molecule has 0 amide bonds. The summed E-state index contributed by atoms with van der Waals surface area (Å²) >= 11 is 6.10. The zero-order valence-electron chi connectivity index (χ0n) is 9.60. The molecule has 0 radical (unpaired) electrons. The number of nitrogens with zero attached hydrogens (tertiary/aromatic N) is 3. The molecule has 0 bridgehead atoms. The lowest BCUT2D eigenvalue weighted by Crippen LogP contribution is -2.06. The maximum absolute atomic E-state index is 9.13. The Morgan fingerprint density at radius 2 is 1.94 bits per heavy atom. The molecule has 0 saturated heterocycles. The average molecular weight is 252 g/mol. The van der Waals surface area contributed by atoms with Crippen LogP contribution >= 0.6 is 11.6 Å². The van der Waals surface area contributed by atoms with Gasteiger partial charge in [-0.1, -0.05) is 29.8 Å². The molecule has 2 aromatic rings. The van der Waals surface area contributed by atoms with Gasteiger partial charge >= 0.3 is 0 Å². The Balaban J connectivity index is 2.30. The van der Waals surface area contributed by atoms with E-state index in [-0.39, 0.29) is 6.61 Å². The quantitative estimate of drug-likeness (QED) is 0.905. The van der Waals surface area contributed by atoms with E-state index in [0.717, 1.165) is 23.0 Å². The van der Waals surface area contributed by atoms with Gasteiger partial charge in [-0.2, -0.15) is 0 Å². The van der Waals surface area contributed by atoms with Crippen molar-refractivity contribution in [2.75, 3.05) is 0 Å². The van der Waals surface area contributed by atoms with E-state index in [4.69, 9.17) is 16.7 Å². The molecule has 0 unspecified atom stereocenters. The zero-order chi connectivity index (χ0) is 12.3. The monoisotopic (exact) mass is 251 g/mol. The van der Waals surface area contributed by atoms with Crippen LogP contribution in [0, 0.1) is 0 Å². The number of hydrogen-bond donors (Lipinski definition) is 1. The summed E-state index contributed by atoms with van der Waals surface area (Å²) in [4.78, 5) is 0. The minimum atomic E-state index is -0.0939. The van der Waals surface area contributed by atoms with Crippen molar-refractivity contribution in [1.82, 2.24) is 14.8 Å². The molecular weight excluding hydrogens is 238 g/mol. The summed E-state index contributed by atoms with van der Waals surface area (Å²) < 4.78 is 1.91. The molecule has 0 atom stereocenters. The standard InChI is InChI=1S/C12H14ClN3O/c1-2-16-11(14-15-12(16)8-17)7-9-5-3-4-6-10(9)13/h3-6,17H,2,7-8H2,1H3. The van der Waals surface area contributed by atoms with Crippen LogP contribution in [0.15, 0.2) is 24.3 Å². The van der Waals surface area contributed by atoms with Crippen molar-refractivity contribution in [3.63, 3.8) is 0 Å². The molecule has 1 aromatic carbocycles.